The predicted molar refractivity (Wildman–Crippen MR) is 71.0 cm³/mol. The van der Waals surface area contributed by atoms with Gasteiger partial charge in [-0.1, -0.05) is 24.3 Å². The highest BCUT2D eigenvalue weighted by molar-refractivity contribution is 5.74. The molecule has 0 aliphatic heterocycles. The van der Waals surface area contributed by atoms with Gasteiger partial charge in [0.2, 0.25) is 0 Å². The molecule has 2 N–H and O–H groups in total. The lowest BCUT2D eigenvalue weighted by Gasteiger charge is -2.11. The van der Waals surface area contributed by atoms with Gasteiger partial charge in [0.05, 0.1) is 0 Å². The molecule has 0 saturated heterocycles. The van der Waals surface area contributed by atoms with Crippen molar-refractivity contribution in [2.75, 3.05) is 5.73 Å². The smallest absolute Gasteiger partial charge is 0.270 e. The number of nitrogens with zero attached hydrogens (tertiary/aromatic N) is 2. The maximum atomic E-state index is 12.0. The van der Waals surface area contributed by atoms with E-state index in [9.17, 15) is 4.79 Å². The second-order valence-electron chi connectivity index (χ2n) is 4.15. The molecule has 0 saturated carbocycles. The Morgan fingerprint density at radius 2 is 1.94 bits per heavy atom. The van der Waals surface area contributed by atoms with Crippen LogP contribution in [0.4, 0.5) is 5.82 Å². The van der Waals surface area contributed by atoms with Gasteiger partial charge in [0.25, 0.3) is 5.56 Å². The van der Waals surface area contributed by atoms with E-state index in [4.69, 9.17) is 11.0 Å². The second-order valence-corrected chi connectivity index (χ2v) is 4.15. The molecule has 0 amide bonds. The van der Waals surface area contributed by atoms with Gasteiger partial charge in [-0.05, 0) is 24.1 Å². The van der Waals surface area contributed by atoms with Crippen LogP contribution in [-0.4, -0.2) is 4.57 Å². The number of aryl methyl sites for hydroxylation is 1. The summed E-state index contributed by atoms with van der Waals surface area (Å²) in [7, 11) is 1.56. The van der Waals surface area contributed by atoms with Crippen molar-refractivity contribution in [1.82, 2.24) is 4.57 Å². The van der Waals surface area contributed by atoms with Gasteiger partial charge in [-0.3, -0.25) is 9.36 Å². The Kier molecular flexibility index (Phi) is 2.90. The normalized spacial score (nSPS) is 10.1. The summed E-state index contributed by atoms with van der Waals surface area (Å²) in [6, 6.07) is 11.2. The lowest BCUT2D eigenvalue weighted by atomic mass is 9.97. The van der Waals surface area contributed by atoms with Gasteiger partial charge >= 0.3 is 0 Å². The maximum Gasteiger partial charge on any atom is 0.270 e. The molecule has 0 unspecified atom stereocenters. The maximum absolute atomic E-state index is 12.0. The lowest BCUT2D eigenvalue weighted by Crippen LogP contribution is -2.23. The molecule has 90 valence electrons. The largest absolute Gasteiger partial charge is 0.385 e. The van der Waals surface area contributed by atoms with E-state index in [-0.39, 0.29) is 11.1 Å². The summed E-state index contributed by atoms with van der Waals surface area (Å²) >= 11 is 0. The lowest BCUT2D eigenvalue weighted by molar-refractivity contribution is 0.871. The Labute approximate surface area is 105 Å². The summed E-state index contributed by atoms with van der Waals surface area (Å²) in [4.78, 5) is 12.0. The third-order valence-corrected chi connectivity index (χ3v) is 3.01. The number of benzene rings is 1. The molecular formula is C14H13N3O. The van der Waals surface area contributed by atoms with Crippen molar-refractivity contribution >= 4 is 5.82 Å². The second kappa shape index (κ2) is 4.38. The van der Waals surface area contributed by atoms with Crippen LogP contribution in [0.2, 0.25) is 0 Å². The standard InChI is InChI=1S/C14H13N3O/c1-9-5-3-4-6-10(9)11-7-13(16)17(2)14(18)12(11)8-15/h3-7H,16H2,1-2H3. The molecule has 0 fully saturated rings. The van der Waals surface area contributed by atoms with Crippen molar-refractivity contribution in [3.05, 3.63) is 51.8 Å². The minimum Gasteiger partial charge on any atom is -0.385 e. The van der Waals surface area contributed by atoms with Crippen LogP contribution in [0.1, 0.15) is 11.1 Å². The van der Waals surface area contributed by atoms with Gasteiger partial charge in [0.15, 0.2) is 0 Å². The highest BCUT2D eigenvalue weighted by Gasteiger charge is 2.13. The monoisotopic (exact) mass is 239 g/mol. The van der Waals surface area contributed by atoms with Crippen LogP contribution in [0.3, 0.4) is 0 Å². The first-order valence-corrected chi connectivity index (χ1v) is 5.52. The molecule has 0 atom stereocenters. The molecule has 1 heterocycles. The highest BCUT2D eigenvalue weighted by Crippen LogP contribution is 2.26. The third-order valence-electron chi connectivity index (χ3n) is 3.01. The quantitative estimate of drug-likeness (QED) is 0.825. The van der Waals surface area contributed by atoms with Gasteiger partial charge in [0, 0.05) is 12.6 Å². The summed E-state index contributed by atoms with van der Waals surface area (Å²) < 4.78 is 1.28. The van der Waals surface area contributed by atoms with Crippen molar-refractivity contribution in [2.24, 2.45) is 7.05 Å². The van der Waals surface area contributed by atoms with Gasteiger partial charge in [-0.15, -0.1) is 0 Å². The molecule has 0 bridgehead atoms. The zero-order valence-electron chi connectivity index (χ0n) is 10.3. The Hall–Kier alpha value is -2.54. The average Bonchev–Trinajstić information content (AvgIpc) is 2.36. The summed E-state index contributed by atoms with van der Waals surface area (Å²) in [6.45, 7) is 1.93. The number of nitriles is 1. The minimum absolute atomic E-state index is 0.126. The van der Waals surface area contributed by atoms with E-state index >= 15 is 0 Å². The Morgan fingerprint density at radius 3 is 2.56 bits per heavy atom. The number of aromatic nitrogens is 1. The SMILES string of the molecule is Cc1ccccc1-c1cc(N)n(C)c(=O)c1C#N. The summed E-state index contributed by atoms with van der Waals surface area (Å²) in [6.07, 6.45) is 0. The van der Waals surface area contributed by atoms with Gasteiger partial charge < -0.3 is 5.73 Å². The van der Waals surface area contributed by atoms with E-state index < -0.39 is 0 Å². The number of nitrogen functional groups attached to an aromatic ring is 1. The molecule has 0 aliphatic rings. The number of anilines is 1. The molecule has 0 spiro atoms. The first-order valence-electron chi connectivity index (χ1n) is 5.52. The zero-order valence-corrected chi connectivity index (χ0v) is 10.3. The van der Waals surface area contributed by atoms with Crippen LogP contribution in [0, 0.1) is 18.3 Å². The van der Waals surface area contributed by atoms with Crippen LogP contribution in [0.25, 0.3) is 11.1 Å². The molecule has 1 aromatic carbocycles. The number of rotatable bonds is 1. The molecule has 4 heteroatoms. The van der Waals surface area contributed by atoms with Gasteiger partial charge in [-0.2, -0.15) is 5.26 Å². The summed E-state index contributed by atoms with van der Waals surface area (Å²) in [5, 5.41) is 9.16. The van der Waals surface area contributed by atoms with E-state index in [1.54, 1.807) is 13.1 Å². The molecule has 1 aromatic heterocycles. The first kappa shape index (κ1) is 11.9. The van der Waals surface area contributed by atoms with E-state index in [1.165, 1.54) is 4.57 Å². The Morgan fingerprint density at radius 1 is 1.28 bits per heavy atom. The van der Waals surface area contributed by atoms with E-state index in [2.05, 4.69) is 0 Å². The first-order chi connectivity index (χ1) is 8.56. The molecule has 18 heavy (non-hydrogen) atoms. The molecule has 0 aliphatic carbocycles. The van der Waals surface area contributed by atoms with Crippen molar-refractivity contribution in [3.8, 4) is 17.2 Å². The Balaban J connectivity index is 2.86. The molecule has 4 nitrogen and oxygen atoms in total. The number of nitrogens with two attached hydrogens (primary N) is 1. The van der Waals surface area contributed by atoms with Crippen LogP contribution in [-0.2, 0) is 7.05 Å². The topological polar surface area (TPSA) is 71.8 Å². The van der Waals surface area contributed by atoms with Gasteiger partial charge in [-0.25, -0.2) is 0 Å². The van der Waals surface area contributed by atoms with Crippen LogP contribution in [0.15, 0.2) is 35.1 Å². The van der Waals surface area contributed by atoms with Crippen LogP contribution in [0.5, 0.6) is 0 Å². The summed E-state index contributed by atoms with van der Waals surface area (Å²) in [5.41, 5.74) is 8.00. The minimum atomic E-state index is -0.365. The van der Waals surface area contributed by atoms with E-state index in [0.29, 0.717) is 11.4 Å². The van der Waals surface area contributed by atoms with E-state index in [1.807, 2.05) is 37.3 Å². The van der Waals surface area contributed by atoms with Crippen molar-refractivity contribution in [1.29, 1.82) is 5.26 Å². The number of hydrogen-bond donors (Lipinski definition) is 1. The van der Waals surface area contributed by atoms with Crippen LogP contribution >= 0.6 is 0 Å². The predicted octanol–water partition coefficient (Wildman–Crippen LogP) is 1.81. The molecule has 2 rings (SSSR count). The Bertz CT molecular complexity index is 708. The number of pyridine rings is 1. The fourth-order valence-corrected chi connectivity index (χ4v) is 1.91. The highest BCUT2D eigenvalue weighted by atomic mass is 16.1. The van der Waals surface area contributed by atoms with Crippen molar-refractivity contribution in [3.63, 3.8) is 0 Å². The molecular weight excluding hydrogens is 226 g/mol. The van der Waals surface area contributed by atoms with E-state index in [0.717, 1.165) is 11.1 Å². The summed E-state index contributed by atoms with van der Waals surface area (Å²) in [5.74, 6) is 0.345. The molecule has 0 radical (unpaired) electrons. The fraction of sp³-hybridized carbons (Fsp3) is 0.143. The average molecular weight is 239 g/mol. The zero-order chi connectivity index (χ0) is 13.3. The molecule has 2 aromatic rings. The fourth-order valence-electron chi connectivity index (χ4n) is 1.91. The van der Waals surface area contributed by atoms with Crippen molar-refractivity contribution < 1.29 is 0 Å². The number of hydrogen-bond acceptors (Lipinski definition) is 3. The van der Waals surface area contributed by atoms with Gasteiger partial charge in [0.1, 0.15) is 17.5 Å². The third kappa shape index (κ3) is 1.76. The van der Waals surface area contributed by atoms with Crippen molar-refractivity contribution in [2.45, 2.75) is 6.92 Å². The van der Waals surface area contributed by atoms with Crippen LogP contribution < -0.4 is 11.3 Å².